The molecule has 0 radical (unpaired) electrons. The maximum absolute atomic E-state index is 12.8. The molecule has 0 fully saturated rings. The van der Waals surface area contributed by atoms with E-state index >= 15 is 0 Å². The summed E-state index contributed by atoms with van der Waals surface area (Å²) in [7, 11) is 0. The maximum atomic E-state index is 12.8. The van der Waals surface area contributed by atoms with Gasteiger partial charge in [0.1, 0.15) is 13.2 Å². The van der Waals surface area contributed by atoms with Crippen LogP contribution in [0.2, 0.25) is 0 Å². The van der Waals surface area contributed by atoms with Crippen LogP contribution in [0, 0.1) is 0 Å². The Labute approximate surface area is 401 Å². The van der Waals surface area contributed by atoms with Gasteiger partial charge in [-0.3, -0.25) is 14.4 Å². The summed E-state index contributed by atoms with van der Waals surface area (Å²) in [6.45, 7) is 6.43. The Kier molecular flexibility index (Phi) is 50.4. The fourth-order valence-electron chi connectivity index (χ4n) is 7.27. The number of ether oxygens (including phenoxy) is 3. The van der Waals surface area contributed by atoms with Crippen LogP contribution < -0.4 is 0 Å². The van der Waals surface area contributed by atoms with Crippen molar-refractivity contribution in [3.05, 3.63) is 85.1 Å². The molecule has 1 unspecified atom stereocenters. The number of hydrogen-bond donors (Lipinski definition) is 0. The summed E-state index contributed by atoms with van der Waals surface area (Å²) in [5.74, 6) is -0.959. The number of allylic oxidation sites excluding steroid dienone is 14. The first-order valence-electron chi connectivity index (χ1n) is 27.1. The van der Waals surface area contributed by atoms with Gasteiger partial charge in [-0.05, 0) is 109 Å². The lowest BCUT2D eigenvalue weighted by atomic mass is 10.1. The van der Waals surface area contributed by atoms with Gasteiger partial charge in [-0.25, -0.2) is 0 Å². The van der Waals surface area contributed by atoms with Crippen LogP contribution in [0.1, 0.15) is 252 Å². The van der Waals surface area contributed by atoms with Gasteiger partial charge >= 0.3 is 17.9 Å². The quantitative estimate of drug-likeness (QED) is 0.0262. The van der Waals surface area contributed by atoms with Gasteiger partial charge in [0, 0.05) is 19.3 Å². The molecule has 0 heterocycles. The zero-order chi connectivity index (χ0) is 47.2. The molecule has 0 aliphatic rings. The first kappa shape index (κ1) is 61.6. The number of carbonyl (C=O) groups excluding carboxylic acids is 3. The molecule has 1 atom stereocenters. The SMILES string of the molecule is CC/C=C\C/C=C\C/C=C\C/C=C\CCCCC(=O)OC(COC(=O)CCCCCCC/C=C\C/C=C\CCCC)COC(=O)CCCCCCCCC/C=C\CCCCCCCCC. The summed E-state index contributed by atoms with van der Waals surface area (Å²) in [5.41, 5.74) is 0. The van der Waals surface area contributed by atoms with E-state index in [-0.39, 0.29) is 37.5 Å². The molecular formula is C59H100O6. The van der Waals surface area contributed by atoms with Crippen molar-refractivity contribution >= 4 is 17.9 Å². The number of carbonyl (C=O) groups is 3. The van der Waals surface area contributed by atoms with Crippen LogP contribution in [-0.4, -0.2) is 37.2 Å². The molecule has 0 aliphatic heterocycles. The lowest BCUT2D eigenvalue weighted by Gasteiger charge is -2.18. The molecule has 6 heteroatoms. The molecule has 0 aromatic rings. The molecule has 0 amide bonds. The van der Waals surface area contributed by atoms with Gasteiger partial charge in [-0.15, -0.1) is 0 Å². The first-order valence-corrected chi connectivity index (χ1v) is 27.1. The summed E-state index contributed by atoms with van der Waals surface area (Å²) in [5, 5.41) is 0. The van der Waals surface area contributed by atoms with E-state index in [4.69, 9.17) is 14.2 Å². The summed E-state index contributed by atoms with van der Waals surface area (Å²) in [4.78, 5) is 38.0. The van der Waals surface area contributed by atoms with E-state index in [0.717, 1.165) is 103 Å². The largest absolute Gasteiger partial charge is 0.462 e. The second kappa shape index (κ2) is 53.2. The van der Waals surface area contributed by atoms with E-state index in [0.29, 0.717) is 19.3 Å². The Morgan fingerprint density at radius 1 is 0.323 bits per heavy atom. The molecule has 0 saturated heterocycles. The van der Waals surface area contributed by atoms with Crippen LogP contribution in [0.15, 0.2) is 85.1 Å². The van der Waals surface area contributed by atoms with Gasteiger partial charge in [-0.1, -0.05) is 209 Å². The van der Waals surface area contributed by atoms with Gasteiger partial charge in [0.2, 0.25) is 0 Å². The van der Waals surface area contributed by atoms with E-state index in [9.17, 15) is 14.4 Å². The molecule has 0 rings (SSSR count). The molecule has 372 valence electrons. The van der Waals surface area contributed by atoms with Crippen LogP contribution in [0.3, 0.4) is 0 Å². The Morgan fingerprint density at radius 2 is 0.615 bits per heavy atom. The van der Waals surface area contributed by atoms with Crippen molar-refractivity contribution in [1.29, 1.82) is 0 Å². The third-order valence-electron chi connectivity index (χ3n) is 11.4. The summed E-state index contributed by atoms with van der Waals surface area (Å²) in [6.07, 6.45) is 68.5. The van der Waals surface area contributed by atoms with E-state index in [1.807, 2.05) is 0 Å². The van der Waals surface area contributed by atoms with Crippen molar-refractivity contribution < 1.29 is 28.6 Å². The van der Waals surface area contributed by atoms with E-state index in [1.165, 1.54) is 103 Å². The molecule has 0 aliphatic carbocycles. The molecule has 0 bridgehead atoms. The predicted molar refractivity (Wildman–Crippen MR) is 279 cm³/mol. The van der Waals surface area contributed by atoms with Gasteiger partial charge in [0.05, 0.1) is 0 Å². The Morgan fingerprint density at radius 3 is 1.03 bits per heavy atom. The van der Waals surface area contributed by atoms with Crippen LogP contribution in [0.4, 0.5) is 0 Å². The van der Waals surface area contributed by atoms with Gasteiger partial charge in [0.15, 0.2) is 6.10 Å². The highest BCUT2D eigenvalue weighted by Gasteiger charge is 2.19. The lowest BCUT2D eigenvalue weighted by molar-refractivity contribution is -0.167. The zero-order valence-electron chi connectivity index (χ0n) is 42.5. The molecule has 0 aromatic carbocycles. The van der Waals surface area contributed by atoms with E-state index < -0.39 is 6.10 Å². The lowest BCUT2D eigenvalue weighted by Crippen LogP contribution is -2.30. The third kappa shape index (κ3) is 51.4. The molecule has 0 spiro atoms. The molecule has 0 N–H and O–H groups in total. The fourth-order valence-corrected chi connectivity index (χ4v) is 7.27. The maximum Gasteiger partial charge on any atom is 0.306 e. The number of esters is 3. The Balaban J connectivity index is 4.46. The van der Waals surface area contributed by atoms with Crippen LogP contribution in [0.5, 0.6) is 0 Å². The normalized spacial score (nSPS) is 12.7. The topological polar surface area (TPSA) is 78.9 Å². The fraction of sp³-hybridized carbons (Fsp3) is 0.712. The predicted octanol–water partition coefficient (Wildman–Crippen LogP) is 18.0. The minimum Gasteiger partial charge on any atom is -0.462 e. The molecule has 6 nitrogen and oxygen atoms in total. The molecule has 0 saturated carbocycles. The van der Waals surface area contributed by atoms with Crippen LogP contribution >= 0.6 is 0 Å². The summed E-state index contributed by atoms with van der Waals surface area (Å²) < 4.78 is 16.8. The summed E-state index contributed by atoms with van der Waals surface area (Å²) in [6, 6.07) is 0. The average molecular weight is 905 g/mol. The number of unbranched alkanes of at least 4 members (excludes halogenated alkanes) is 23. The molecule has 65 heavy (non-hydrogen) atoms. The van der Waals surface area contributed by atoms with Crippen molar-refractivity contribution in [3.63, 3.8) is 0 Å². The highest BCUT2D eigenvalue weighted by atomic mass is 16.6. The van der Waals surface area contributed by atoms with Crippen molar-refractivity contribution in [2.24, 2.45) is 0 Å². The zero-order valence-corrected chi connectivity index (χ0v) is 42.5. The second-order valence-electron chi connectivity index (χ2n) is 17.7. The van der Waals surface area contributed by atoms with Crippen molar-refractivity contribution in [2.45, 2.75) is 258 Å². The van der Waals surface area contributed by atoms with E-state index in [1.54, 1.807) is 0 Å². The highest BCUT2D eigenvalue weighted by Crippen LogP contribution is 2.14. The first-order chi connectivity index (χ1) is 32.0. The average Bonchev–Trinajstić information content (AvgIpc) is 3.30. The van der Waals surface area contributed by atoms with Gasteiger partial charge < -0.3 is 14.2 Å². The monoisotopic (exact) mass is 905 g/mol. The third-order valence-corrected chi connectivity index (χ3v) is 11.4. The molecule has 0 aromatic heterocycles. The smallest absolute Gasteiger partial charge is 0.306 e. The summed E-state index contributed by atoms with van der Waals surface area (Å²) >= 11 is 0. The van der Waals surface area contributed by atoms with Crippen molar-refractivity contribution in [1.82, 2.24) is 0 Å². The minimum atomic E-state index is -0.806. The Hall–Kier alpha value is -3.41. The highest BCUT2D eigenvalue weighted by molar-refractivity contribution is 5.71. The van der Waals surface area contributed by atoms with Crippen LogP contribution in [0.25, 0.3) is 0 Å². The van der Waals surface area contributed by atoms with Crippen molar-refractivity contribution in [2.75, 3.05) is 13.2 Å². The minimum absolute atomic E-state index is 0.100. The van der Waals surface area contributed by atoms with Crippen molar-refractivity contribution in [3.8, 4) is 0 Å². The number of hydrogen-bond acceptors (Lipinski definition) is 6. The van der Waals surface area contributed by atoms with Crippen LogP contribution in [-0.2, 0) is 28.6 Å². The standard InChI is InChI=1S/C59H100O6/c1-4-7-10-13-16-19-22-25-28-29-30-32-34-37-40-43-46-49-52-58(61)64-55-56(54-63-57(60)51-48-45-42-39-36-33-27-24-21-18-15-12-9-6-3)65-59(62)53-50-47-44-41-38-35-31-26-23-20-17-14-11-8-5-2/h8,11,15,17-18,20,24,26-29,31,38,41,56H,4-7,9-10,12-14,16,19,21-23,25,30,32-37,39-40,42-55H2,1-3H3/b11-8-,18-15-,20-17-,27-24-,29-28-,31-26-,41-38-. The Bertz CT molecular complexity index is 1270. The van der Waals surface area contributed by atoms with Gasteiger partial charge in [-0.2, -0.15) is 0 Å². The molecular weight excluding hydrogens is 805 g/mol. The van der Waals surface area contributed by atoms with Gasteiger partial charge in [0.25, 0.3) is 0 Å². The van der Waals surface area contributed by atoms with E-state index in [2.05, 4.69) is 106 Å². The number of rotatable bonds is 48. The second-order valence-corrected chi connectivity index (χ2v) is 17.7.